The van der Waals surface area contributed by atoms with Gasteiger partial charge in [-0.2, -0.15) is 6.42 Å². The van der Waals surface area contributed by atoms with Crippen LogP contribution in [-0.4, -0.2) is 14.9 Å². The SMILES string of the molecule is [2H][B]C([CH2-])CC[CH-]C(C)=O.[W+2]. The standard InChI is InChI=1S/C7H12BO.W/c1-6(8)4-3-5-7(2)9;/h5-6,8H,1,3-4H2,2H3;/q-2;+2/i8D;. The molecular weight excluding hydrogens is 295 g/mol. The minimum absolute atomic E-state index is 0. The Hall–Kier alpha value is 0.293. The summed E-state index contributed by atoms with van der Waals surface area (Å²) in [4.78, 5) is 10.4. The Bertz CT molecular complexity index is 111. The maximum atomic E-state index is 10.4. The van der Waals surface area contributed by atoms with Crippen molar-refractivity contribution in [2.24, 2.45) is 0 Å². The minimum atomic E-state index is 0. The number of hydrogen-bond donors (Lipinski definition) is 0. The number of rotatable bonds is 5. The quantitative estimate of drug-likeness (QED) is 0.549. The molecule has 0 spiro atoms. The molecule has 0 amide bonds. The van der Waals surface area contributed by atoms with E-state index in [0.29, 0.717) is 0 Å². The fourth-order valence-electron chi connectivity index (χ4n) is 0.501. The maximum Gasteiger partial charge on any atom is 2.00 e. The first kappa shape index (κ1) is 10.3. The molecule has 0 aromatic rings. The Morgan fingerprint density at radius 1 is 2.00 bits per heavy atom. The number of ketones is 1. The monoisotopic (exact) mass is 308 g/mol. The summed E-state index contributed by atoms with van der Waals surface area (Å²) in [5, 5.41) is 0. The first-order valence-electron chi connectivity index (χ1n) is 3.63. The van der Waals surface area contributed by atoms with Crippen molar-refractivity contribution >= 4 is 13.6 Å². The van der Waals surface area contributed by atoms with E-state index in [9.17, 15) is 4.79 Å². The van der Waals surface area contributed by atoms with Gasteiger partial charge in [0.05, 0.1) is 7.81 Å². The van der Waals surface area contributed by atoms with Crippen molar-refractivity contribution < 1.29 is 25.9 Å². The van der Waals surface area contributed by atoms with Crippen LogP contribution >= 0.6 is 0 Å². The van der Waals surface area contributed by atoms with Crippen LogP contribution < -0.4 is 0 Å². The molecule has 0 aliphatic heterocycles. The largest absolute Gasteiger partial charge is 2.00 e. The predicted molar refractivity (Wildman–Crippen MR) is 40.5 cm³/mol. The van der Waals surface area contributed by atoms with Crippen LogP contribution in [0.4, 0.5) is 0 Å². The van der Waals surface area contributed by atoms with E-state index in [-0.39, 0.29) is 32.7 Å². The third-order valence-electron chi connectivity index (χ3n) is 0.969. The van der Waals surface area contributed by atoms with Crippen molar-refractivity contribution in [1.29, 1.82) is 1.34 Å². The molecule has 10 heavy (non-hydrogen) atoms. The first-order valence-corrected chi connectivity index (χ1v) is 3.05. The molecule has 0 saturated carbocycles. The Labute approximate surface area is 80.0 Å². The molecule has 0 N–H and O–H groups in total. The maximum absolute atomic E-state index is 10.4. The molecule has 0 bridgehead atoms. The van der Waals surface area contributed by atoms with Crippen LogP contribution in [0.25, 0.3) is 0 Å². The number of carbonyl (C=O) groups excluding carboxylic acids is 1. The molecule has 55 valence electrons. The molecule has 0 rings (SSSR count). The van der Waals surface area contributed by atoms with Crippen LogP contribution in [0.5, 0.6) is 0 Å². The molecule has 0 fully saturated rings. The van der Waals surface area contributed by atoms with E-state index in [1.165, 1.54) is 14.7 Å². The summed E-state index contributed by atoms with van der Waals surface area (Å²) in [6, 6.07) is 0. The molecule has 0 saturated heterocycles. The van der Waals surface area contributed by atoms with Crippen molar-refractivity contribution in [3.05, 3.63) is 13.3 Å². The van der Waals surface area contributed by atoms with Crippen molar-refractivity contribution in [2.45, 2.75) is 25.6 Å². The van der Waals surface area contributed by atoms with Gasteiger partial charge in [0.2, 0.25) is 0 Å². The minimum Gasteiger partial charge on any atom is -0.348 e. The van der Waals surface area contributed by atoms with Crippen LogP contribution in [0.1, 0.15) is 19.8 Å². The predicted octanol–water partition coefficient (Wildman–Crippen LogP) is 1.08. The second-order valence-corrected chi connectivity index (χ2v) is 2.15. The van der Waals surface area contributed by atoms with Crippen molar-refractivity contribution in [3.63, 3.8) is 0 Å². The molecular formula is C7H12BOW. The molecule has 1 atom stereocenters. The zero-order valence-electron chi connectivity index (χ0n) is 7.17. The Balaban J connectivity index is 0. The molecule has 0 aromatic carbocycles. The summed E-state index contributed by atoms with van der Waals surface area (Å²) in [6.07, 6.45) is 3.16. The second-order valence-electron chi connectivity index (χ2n) is 2.15. The van der Waals surface area contributed by atoms with Gasteiger partial charge in [-0.25, -0.2) is 5.82 Å². The van der Waals surface area contributed by atoms with E-state index >= 15 is 0 Å². The van der Waals surface area contributed by atoms with E-state index in [1.807, 2.05) is 0 Å². The molecule has 1 radical (unpaired) electrons. The van der Waals surface area contributed by atoms with Crippen LogP contribution in [0.2, 0.25) is 5.82 Å². The van der Waals surface area contributed by atoms with Crippen molar-refractivity contribution in [2.75, 3.05) is 0 Å². The van der Waals surface area contributed by atoms with Gasteiger partial charge >= 0.3 is 21.1 Å². The van der Waals surface area contributed by atoms with E-state index < -0.39 is 0 Å². The van der Waals surface area contributed by atoms with Crippen molar-refractivity contribution in [1.82, 2.24) is 0 Å². The molecule has 0 aliphatic rings. The molecule has 3 heteroatoms. The van der Waals surface area contributed by atoms with Gasteiger partial charge in [-0.1, -0.05) is 0 Å². The third-order valence-corrected chi connectivity index (χ3v) is 0.969. The van der Waals surface area contributed by atoms with Crippen LogP contribution in [-0.2, 0) is 25.9 Å². The fraction of sp³-hybridized carbons (Fsp3) is 0.571. The summed E-state index contributed by atoms with van der Waals surface area (Å²) in [5.74, 6) is 0.146. The van der Waals surface area contributed by atoms with Gasteiger partial charge in [-0.3, -0.25) is 0 Å². The topological polar surface area (TPSA) is 17.1 Å². The zero-order valence-corrected chi connectivity index (χ0v) is 9.10. The molecule has 1 unspecified atom stereocenters. The molecule has 1 nitrogen and oxygen atoms in total. The van der Waals surface area contributed by atoms with Gasteiger partial charge in [-0.05, 0) is 14.0 Å². The van der Waals surface area contributed by atoms with Gasteiger partial charge in [0, 0.05) is 0 Å². The third kappa shape index (κ3) is 11.1. The molecule has 0 heterocycles. The van der Waals surface area contributed by atoms with Gasteiger partial charge in [0.15, 0.2) is 0 Å². The Morgan fingerprint density at radius 2 is 2.60 bits per heavy atom. The van der Waals surface area contributed by atoms with Crippen molar-refractivity contribution in [3.8, 4) is 0 Å². The van der Waals surface area contributed by atoms with Gasteiger partial charge in [0.25, 0.3) is 0 Å². The van der Waals surface area contributed by atoms with E-state index in [1.54, 1.807) is 6.42 Å². The summed E-state index contributed by atoms with van der Waals surface area (Å²) < 4.78 is 6.81. The van der Waals surface area contributed by atoms with Crippen LogP contribution in [0.3, 0.4) is 0 Å². The zero-order chi connectivity index (χ0) is 7.98. The summed E-state index contributed by atoms with van der Waals surface area (Å²) in [7, 11) is 1.30. The van der Waals surface area contributed by atoms with E-state index in [2.05, 4.69) is 6.92 Å². The first-order chi connectivity index (χ1) is 4.66. The van der Waals surface area contributed by atoms with E-state index in [4.69, 9.17) is 1.34 Å². The molecule has 0 aromatic heterocycles. The Morgan fingerprint density at radius 3 is 3.00 bits per heavy atom. The van der Waals surface area contributed by atoms with Gasteiger partial charge < -0.3 is 18.1 Å². The average molecular weight is 308 g/mol. The fourth-order valence-corrected chi connectivity index (χ4v) is 0.501. The van der Waals surface area contributed by atoms with Gasteiger partial charge in [0.1, 0.15) is 0 Å². The van der Waals surface area contributed by atoms with Gasteiger partial charge in [-0.15, -0.1) is 6.42 Å². The summed E-state index contributed by atoms with van der Waals surface area (Å²) in [5.41, 5.74) is 0. The smallest absolute Gasteiger partial charge is 0.348 e. The number of Topliss-reactive ketones (excluding diaryl/α,β-unsaturated/α-hetero) is 1. The van der Waals surface area contributed by atoms with Crippen LogP contribution in [0, 0.1) is 13.3 Å². The average Bonchev–Trinajstić information content (AvgIpc) is 1.87. The van der Waals surface area contributed by atoms with E-state index in [0.717, 1.165) is 12.8 Å². The number of carbonyl (C=O) groups is 1. The van der Waals surface area contributed by atoms with Crippen LogP contribution in [0.15, 0.2) is 0 Å². The summed E-state index contributed by atoms with van der Waals surface area (Å²) in [6.45, 7) is 5.21. The normalized spacial score (nSPS) is 12.4. The molecule has 0 aliphatic carbocycles. The Kier molecular flexibility index (Phi) is 7.62. The summed E-state index contributed by atoms with van der Waals surface area (Å²) >= 11 is 0. The number of hydrogen-bond acceptors (Lipinski definition) is 1. The second kappa shape index (κ2) is 7.40.